The van der Waals surface area contributed by atoms with Gasteiger partial charge < -0.3 is 10.6 Å². The molecule has 0 spiro atoms. The summed E-state index contributed by atoms with van der Waals surface area (Å²) in [6.45, 7) is 0.122. The van der Waals surface area contributed by atoms with E-state index in [1.165, 1.54) is 0 Å². The number of halogens is 3. The average Bonchev–Trinajstić information content (AvgIpc) is 2.42. The molecule has 0 saturated carbocycles. The standard InChI is InChI=1S/C14H13F3N2O/c15-14(16,17)13(20)19-9-8-18-12-7-3-5-10-4-1-2-6-11(10)12/h1-7,18H,8-9H2,(H,19,20). The van der Waals surface area contributed by atoms with Crippen molar-refractivity contribution in [1.29, 1.82) is 0 Å². The molecule has 0 aromatic heterocycles. The van der Waals surface area contributed by atoms with Crippen LogP contribution in [0.15, 0.2) is 42.5 Å². The van der Waals surface area contributed by atoms with Crippen LogP contribution in [-0.4, -0.2) is 25.2 Å². The van der Waals surface area contributed by atoms with E-state index in [1.807, 2.05) is 47.8 Å². The molecule has 0 aliphatic heterocycles. The summed E-state index contributed by atoms with van der Waals surface area (Å²) in [4.78, 5) is 10.6. The first kappa shape index (κ1) is 14.2. The van der Waals surface area contributed by atoms with Crippen molar-refractivity contribution in [2.24, 2.45) is 0 Å². The van der Waals surface area contributed by atoms with Crippen molar-refractivity contribution in [3.8, 4) is 0 Å². The highest BCUT2D eigenvalue weighted by Gasteiger charge is 2.38. The second-order valence-corrected chi connectivity index (χ2v) is 4.21. The van der Waals surface area contributed by atoms with Crippen LogP contribution in [0.3, 0.4) is 0 Å². The molecule has 0 fully saturated rings. The van der Waals surface area contributed by atoms with Gasteiger partial charge in [0.05, 0.1) is 0 Å². The van der Waals surface area contributed by atoms with Gasteiger partial charge in [-0.2, -0.15) is 13.2 Å². The summed E-state index contributed by atoms with van der Waals surface area (Å²) in [6, 6.07) is 13.3. The first-order chi connectivity index (χ1) is 9.48. The molecule has 2 aromatic rings. The Morgan fingerprint density at radius 3 is 2.45 bits per heavy atom. The third-order valence-corrected chi connectivity index (χ3v) is 2.77. The molecule has 2 rings (SSSR count). The van der Waals surface area contributed by atoms with E-state index in [9.17, 15) is 18.0 Å². The van der Waals surface area contributed by atoms with Crippen LogP contribution in [0.25, 0.3) is 10.8 Å². The lowest BCUT2D eigenvalue weighted by Gasteiger charge is -2.11. The summed E-state index contributed by atoms with van der Waals surface area (Å²) >= 11 is 0. The molecule has 2 N–H and O–H groups in total. The smallest absolute Gasteiger partial charge is 0.383 e. The molecular weight excluding hydrogens is 269 g/mol. The van der Waals surface area contributed by atoms with Crippen molar-refractivity contribution in [3.63, 3.8) is 0 Å². The predicted octanol–water partition coefficient (Wildman–Crippen LogP) is 2.93. The van der Waals surface area contributed by atoms with Gasteiger partial charge in [0, 0.05) is 24.2 Å². The first-order valence-corrected chi connectivity index (χ1v) is 6.05. The Labute approximate surface area is 113 Å². The van der Waals surface area contributed by atoms with Crippen molar-refractivity contribution in [2.75, 3.05) is 18.4 Å². The zero-order valence-corrected chi connectivity index (χ0v) is 10.5. The largest absolute Gasteiger partial charge is 0.471 e. The maximum atomic E-state index is 12.0. The summed E-state index contributed by atoms with van der Waals surface area (Å²) in [5, 5.41) is 6.85. The highest BCUT2D eigenvalue weighted by atomic mass is 19.4. The van der Waals surface area contributed by atoms with E-state index in [1.54, 1.807) is 0 Å². The zero-order valence-electron chi connectivity index (χ0n) is 10.5. The summed E-state index contributed by atoms with van der Waals surface area (Å²) in [6.07, 6.45) is -4.83. The predicted molar refractivity (Wildman–Crippen MR) is 71.5 cm³/mol. The van der Waals surface area contributed by atoms with Gasteiger partial charge in [0.2, 0.25) is 0 Å². The highest BCUT2D eigenvalue weighted by Crippen LogP contribution is 2.22. The number of anilines is 1. The van der Waals surface area contributed by atoms with E-state index in [4.69, 9.17) is 0 Å². The number of rotatable bonds is 4. The molecule has 0 heterocycles. The van der Waals surface area contributed by atoms with Gasteiger partial charge in [-0.05, 0) is 11.5 Å². The van der Waals surface area contributed by atoms with Gasteiger partial charge >= 0.3 is 12.1 Å². The van der Waals surface area contributed by atoms with Crippen LogP contribution in [0.1, 0.15) is 0 Å². The quantitative estimate of drug-likeness (QED) is 0.847. The Kier molecular flexibility index (Phi) is 4.12. The van der Waals surface area contributed by atoms with Crippen LogP contribution >= 0.6 is 0 Å². The number of amides is 1. The van der Waals surface area contributed by atoms with Gasteiger partial charge in [-0.3, -0.25) is 4.79 Å². The number of carbonyl (C=O) groups excluding carboxylic acids is 1. The van der Waals surface area contributed by atoms with Crippen LogP contribution in [0.5, 0.6) is 0 Å². The molecular formula is C14H13F3N2O. The van der Waals surface area contributed by atoms with Crippen LogP contribution in [0.2, 0.25) is 0 Å². The van der Waals surface area contributed by atoms with E-state index in [0.29, 0.717) is 0 Å². The molecule has 0 unspecified atom stereocenters. The molecule has 0 saturated heterocycles. The Hall–Kier alpha value is -2.24. The number of hydrogen-bond donors (Lipinski definition) is 2. The number of hydrogen-bond acceptors (Lipinski definition) is 2. The SMILES string of the molecule is O=C(NCCNc1cccc2ccccc12)C(F)(F)F. The third-order valence-electron chi connectivity index (χ3n) is 2.77. The topological polar surface area (TPSA) is 41.1 Å². The van der Waals surface area contributed by atoms with Crippen LogP contribution in [-0.2, 0) is 4.79 Å². The van der Waals surface area contributed by atoms with Crippen molar-refractivity contribution in [3.05, 3.63) is 42.5 Å². The molecule has 106 valence electrons. The lowest BCUT2D eigenvalue weighted by atomic mass is 10.1. The highest BCUT2D eigenvalue weighted by molar-refractivity contribution is 5.93. The molecule has 3 nitrogen and oxygen atoms in total. The fourth-order valence-electron chi connectivity index (χ4n) is 1.85. The maximum Gasteiger partial charge on any atom is 0.471 e. The van der Waals surface area contributed by atoms with E-state index in [2.05, 4.69) is 5.32 Å². The number of fused-ring (bicyclic) bond motifs is 1. The Balaban J connectivity index is 1.92. The van der Waals surface area contributed by atoms with Gasteiger partial charge in [-0.25, -0.2) is 0 Å². The Morgan fingerprint density at radius 2 is 1.70 bits per heavy atom. The van der Waals surface area contributed by atoms with E-state index in [-0.39, 0.29) is 13.1 Å². The van der Waals surface area contributed by atoms with Crippen LogP contribution in [0.4, 0.5) is 18.9 Å². The molecule has 2 aromatic carbocycles. The molecule has 0 aliphatic rings. The molecule has 0 bridgehead atoms. The number of alkyl halides is 3. The molecule has 0 atom stereocenters. The summed E-state index contributed by atoms with van der Waals surface area (Å²) < 4.78 is 35.9. The average molecular weight is 282 g/mol. The molecule has 6 heteroatoms. The van der Waals surface area contributed by atoms with Crippen LogP contribution in [0, 0.1) is 0 Å². The monoisotopic (exact) mass is 282 g/mol. The Morgan fingerprint density at radius 1 is 1.00 bits per heavy atom. The number of nitrogens with one attached hydrogen (secondary N) is 2. The second-order valence-electron chi connectivity index (χ2n) is 4.21. The van der Waals surface area contributed by atoms with Gasteiger partial charge in [-0.1, -0.05) is 36.4 Å². The fourth-order valence-corrected chi connectivity index (χ4v) is 1.85. The lowest BCUT2D eigenvalue weighted by molar-refractivity contribution is -0.173. The number of benzene rings is 2. The van der Waals surface area contributed by atoms with E-state index < -0.39 is 12.1 Å². The summed E-state index contributed by atoms with van der Waals surface area (Å²) in [5.74, 6) is -1.92. The van der Waals surface area contributed by atoms with E-state index in [0.717, 1.165) is 16.5 Å². The minimum atomic E-state index is -4.83. The number of carbonyl (C=O) groups is 1. The Bertz CT molecular complexity index is 605. The molecule has 0 radical (unpaired) electrons. The van der Waals surface area contributed by atoms with Gasteiger partial charge in [0.15, 0.2) is 0 Å². The van der Waals surface area contributed by atoms with Crippen molar-refractivity contribution < 1.29 is 18.0 Å². The third kappa shape index (κ3) is 3.40. The van der Waals surface area contributed by atoms with Crippen LogP contribution < -0.4 is 10.6 Å². The lowest BCUT2D eigenvalue weighted by Crippen LogP contribution is -2.39. The minimum Gasteiger partial charge on any atom is -0.383 e. The fraction of sp³-hybridized carbons (Fsp3) is 0.214. The van der Waals surface area contributed by atoms with Crippen molar-refractivity contribution in [2.45, 2.75) is 6.18 Å². The second kappa shape index (κ2) is 5.81. The molecule has 1 amide bonds. The minimum absolute atomic E-state index is 0.0957. The van der Waals surface area contributed by atoms with Gasteiger partial charge in [-0.15, -0.1) is 0 Å². The van der Waals surface area contributed by atoms with Gasteiger partial charge in [0.1, 0.15) is 0 Å². The summed E-state index contributed by atoms with van der Waals surface area (Å²) in [7, 11) is 0. The normalized spacial score (nSPS) is 11.3. The van der Waals surface area contributed by atoms with Gasteiger partial charge in [0.25, 0.3) is 0 Å². The molecule has 0 aliphatic carbocycles. The summed E-state index contributed by atoms with van der Waals surface area (Å²) in [5.41, 5.74) is 0.823. The van der Waals surface area contributed by atoms with Crippen molar-refractivity contribution in [1.82, 2.24) is 5.32 Å². The van der Waals surface area contributed by atoms with Crippen molar-refractivity contribution >= 4 is 22.4 Å². The zero-order chi connectivity index (χ0) is 14.6. The first-order valence-electron chi connectivity index (χ1n) is 6.05. The molecule has 20 heavy (non-hydrogen) atoms. The van der Waals surface area contributed by atoms with E-state index >= 15 is 0 Å². The maximum absolute atomic E-state index is 12.0.